The third-order valence-electron chi connectivity index (χ3n) is 1.65. The van der Waals surface area contributed by atoms with Gasteiger partial charge in [0.2, 0.25) is 0 Å². The Hall–Kier alpha value is -0.140. The van der Waals surface area contributed by atoms with E-state index in [2.05, 4.69) is 6.07 Å². The molecule has 0 aromatic heterocycles. The van der Waals surface area contributed by atoms with Crippen LogP contribution in [0.25, 0.3) is 0 Å². The van der Waals surface area contributed by atoms with Crippen molar-refractivity contribution in [1.82, 2.24) is 0 Å². The summed E-state index contributed by atoms with van der Waals surface area (Å²) in [5.41, 5.74) is 0. The third kappa shape index (κ3) is 1.91. The van der Waals surface area contributed by atoms with E-state index in [0.717, 1.165) is 10.3 Å². The van der Waals surface area contributed by atoms with Gasteiger partial charge in [-0.3, -0.25) is 0 Å². The minimum absolute atomic E-state index is 0.842. The molecular weight excluding hydrogens is 176 g/mol. The zero-order chi connectivity index (χ0) is 7.68. The quantitative estimate of drug-likeness (QED) is 0.677. The smallest absolute Gasteiger partial charge is 0.0541 e. The van der Waals surface area contributed by atoms with Crippen LogP contribution in [0.5, 0.6) is 0 Å². The lowest BCUT2D eigenvalue weighted by atomic mass is 10.4. The fourth-order valence-electron chi connectivity index (χ4n) is 0.906. The zero-order valence-electron chi connectivity index (χ0n) is 6.09. The SMILES string of the molecule is Clc1ccccc1SC1CC1. The van der Waals surface area contributed by atoms with Gasteiger partial charge in [0.15, 0.2) is 0 Å². The second-order valence-electron chi connectivity index (χ2n) is 2.75. The summed E-state index contributed by atoms with van der Waals surface area (Å²) in [6.45, 7) is 0. The molecule has 0 radical (unpaired) electrons. The fourth-order valence-corrected chi connectivity index (χ4v) is 2.24. The van der Waals surface area contributed by atoms with Crippen LogP contribution >= 0.6 is 23.4 Å². The Morgan fingerprint density at radius 3 is 2.64 bits per heavy atom. The van der Waals surface area contributed by atoms with Crippen LogP contribution in [0.3, 0.4) is 0 Å². The van der Waals surface area contributed by atoms with Crippen LogP contribution in [0.1, 0.15) is 12.8 Å². The molecule has 1 aromatic carbocycles. The van der Waals surface area contributed by atoms with Gasteiger partial charge in [0.05, 0.1) is 5.02 Å². The monoisotopic (exact) mass is 184 g/mol. The molecule has 58 valence electrons. The highest BCUT2D eigenvalue weighted by atomic mass is 35.5. The summed E-state index contributed by atoms with van der Waals surface area (Å²) < 4.78 is 0. The molecule has 1 fully saturated rings. The van der Waals surface area contributed by atoms with Crippen molar-refractivity contribution in [2.24, 2.45) is 0 Å². The Labute approximate surface area is 75.9 Å². The van der Waals surface area contributed by atoms with E-state index in [1.54, 1.807) is 0 Å². The minimum atomic E-state index is 0.842. The number of hydrogen-bond donors (Lipinski definition) is 0. The van der Waals surface area contributed by atoms with Gasteiger partial charge >= 0.3 is 0 Å². The summed E-state index contributed by atoms with van der Waals surface area (Å²) >= 11 is 7.88. The molecule has 0 atom stereocenters. The van der Waals surface area contributed by atoms with Crippen LogP contribution in [0, 0.1) is 0 Å². The van der Waals surface area contributed by atoms with Gasteiger partial charge in [-0.15, -0.1) is 11.8 Å². The van der Waals surface area contributed by atoms with E-state index >= 15 is 0 Å². The van der Waals surface area contributed by atoms with Crippen molar-refractivity contribution in [3.63, 3.8) is 0 Å². The molecule has 1 aliphatic carbocycles. The summed E-state index contributed by atoms with van der Waals surface area (Å²) in [7, 11) is 0. The standard InChI is InChI=1S/C9H9ClS/c10-8-3-1-2-4-9(8)11-7-5-6-7/h1-4,7H,5-6H2. The molecule has 0 N–H and O–H groups in total. The molecule has 0 spiro atoms. The first-order valence-electron chi connectivity index (χ1n) is 3.77. The van der Waals surface area contributed by atoms with E-state index in [1.807, 2.05) is 30.0 Å². The number of thioether (sulfide) groups is 1. The van der Waals surface area contributed by atoms with E-state index in [1.165, 1.54) is 17.7 Å². The Morgan fingerprint density at radius 1 is 1.27 bits per heavy atom. The number of benzene rings is 1. The van der Waals surface area contributed by atoms with Gasteiger partial charge in [-0.2, -0.15) is 0 Å². The summed E-state index contributed by atoms with van der Waals surface area (Å²) in [6.07, 6.45) is 2.71. The number of rotatable bonds is 2. The topological polar surface area (TPSA) is 0 Å². The predicted molar refractivity (Wildman–Crippen MR) is 50.3 cm³/mol. The maximum Gasteiger partial charge on any atom is 0.0541 e. The van der Waals surface area contributed by atoms with Crippen molar-refractivity contribution in [3.05, 3.63) is 29.3 Å². The first kappa shape index (κ1) is 7.51. The fraction of sp³-hybridized carbons (Fsp3) is 0.333. The van der Waals surface area contributed by atoms with Gasteiger partial charge in [-0.25, -0.2) is 0 Å². The van der Waals surface area contributed by atoms with E-state index < -0.39 is 0 Å². The van der Waals surface area contributed by atoms with Gasteiger partial charge in [-0.1, -0.05) is 23.7 Å². The average Bonchev–Trinajstić information content (AvgIpc) is 2.78. The molecule has 11 heavy (non-hydrogen) atoms. The summed E-state index contributed by atoms with van der Waals surface area (Å²) in [5, 5.41) is 1.74. The van der Waals surface area contributed by atoms with Crippen molar-refractivity contribution in [2.45, 2.75) is 23.0 Å². The van der Waals surface area contributed by atoms with Crippen molar-refractivity contribution in [2.75, 3.05) is 0 Å². The molecule has 1 aromatic rings. The first-order valence-corrected chi connectivity index (χ1v) is 5.03. The largest absolute Gasteiger partial charge is 0.121 e. The van der Waals surface area contributed by atoms with Crippen LogP contribution in [0.4, 0.5) is 0 Å². The third-order valence-corrected chi connectivity index (χ3v) is 3.51. The maximum absolute atomic E-state index is 5.98. The molecular formula is C9H9ClS. The molecule has 0 amide bonds. The highest BCUT2D eigenvalue weighted by Gasteiger charge is 2.23. The maximum atomic E-state index is 5.98. The summed E-state index contributed by atoms with van der Waals surface area (Å²) in [6, 6.07) is 8.05. The Kier molecular flexibility index (Phi) is 2.10. The van der Waals surface area contributed by atoms with Crippen LogP contribution < -0.4 is 0 Å². The minimum Gasteiger partial charge on any atom is -0.121 e. The highest BCUT2D eigenvalue weighted by Crippen LogP contribution is 2.41. The molecule has 2 heteroatoms. The molecule has 0 heterocycles. The summed E-state index contributed by atoms with van der Waals surface area (Å²) in [4.78, 5) is 1.23. The molecule has 0 bridgehead atoms. The molecule has 1 aliphatic rings. The predicted octanol–water partition coefficient (Wildman–Crippen LogP) is 3.59. The van der Waals surface area contributed by atoms with Crippen LogP contribution in [-0.2, 0) is 0 Å². The van der Waals surface area contributed by atoms with E-state index in [-0.39, 0.29) is 0 Å². The zero-order valence-corrected chi connectivity index (χ0v) is 7.66. The van der Waals surface area contributed by atoms with Gasteiger partial charge in [-0.05, 0) is 25.0 Å². The van der Waals surface area contributed by atoms with Gasteiger partial charge in [0.1, 0.15) is 0 Å². The lowest BCUT2D eigenvalue weighted by Crippen LogP contribution is -1.75. The Balaban J connectivity index is 2.15. The molecule has 2 rings (SSSR count). The number of halogens is 1. The van der Waals surface area contributed by atoms with Gasteiger partial charge in [0.25, 0.3) is 0 Å². The second kappa shape index (κ2) is 3.08. The van der Waals surface area contributed by atoms with Crippen LogP contribution in [0.15, 0.2) is 29.2 Å². The van der Waals surface area contributed by atoms with Crippen molar-refractivity contribution >= 4 is 23.4 Å². The second-order valence-corrected chi connectivity index (χ2v) is 4.50. The number of hydrogen-bond acceptors (Lipinski definition) is 1. The van der Waals surface area contributed by atoms with Crippen molar-refractivity contribution in [3.8, 4) is 0 Å². The molecule has 0 unspecified atom stereocenters. The summed E-state index contributed by atoms with van der Waals surface area (Å²) in [5.74, 6) is 0. The highest BCUT2D eigenvalue weighted by molar-refractivity contribution is 8.00. The lowest BCUT2D eigenvalue weighted by molar-refractivity contribution is 1.42. The van der Waals surface area contributed by atoms with E-state index in [4.69, 9.17) is 11.6 Å². The van der Waals surface area contributed by atoms with Crippen LogP contribution in [0.2, 0.25) is 5.02 Å². The van der Waals surface area contributed by atoms with Gasteiger partial charge < -0.3 is 0 Å². The molecule has 1 saturated carbocycles. The van der Waals surface area contributed by atoms with E-state index in [0.29, 0.717) is 0 Å². The first-order chi connectivity index (χ1) is 5.36. The normalized spacial score (nSPS) is 16.8. The van der Waals surface area contributed by atoms with Gasteiger partial charge in [0, 0.05) is 10.1 Å². The molecule has 0 saturated heterocycles. The molecule has 0 aliphatic heterocycles. The van der Waals surface area contributed by atoms with E-state index in [9.17, 15) is 0 Å². The van der Waals surface area contributed by atoms with Crippen molar-refractivity contribution in [1.29, 1.82) is 0 Å². The Bertz CT molecular complexity index is 255. The molecule has 0 nitrogen and oxygen atoms in total. The lowest BCUT2D eigenvalue weighted by Gasteiger charge is -2.00. The van der Waals surface area contributed by atoms with Crippen LogP contribution in [-0.4, -0.2) is 5.25 Å². The average molecular weight is 185 g/mol. The Morgan fingerprint density at radius 2 is 2.00 bits per heavy atom. The van der Waals surface area contributed by atoms with Crippen molar-refractivity contribution < 1.29 is 0 Å².